The molecule has 0 fully saturated rings. The third kappa shape index (κ3) is 3.86. The minimum atomic E-state index is 0.129. The summed E-state index contributed by atoms with van der Waals surface area (Å²) >= 11 is 3.56. The van der Waals surface area contributed by atoms with Crippen LogP contribution in [0.4, 0.5) is 0 Å². The minimum Gasteiger partial charge on any atom is -0.493 e. The first-order chi connectivity index (χ1) is 10.2. The molecule has 0 aliphatic heterocycles. The fourth-order valence-corrected chi connectivity index (χ4v) is 2.66. The Labute approximate surface area is 135 Å². The molecule has 0 heterocycles. The zero-order chi connectivity index (χ0) is 15.2. The number of halogens is 1. The molecule has 2 rings (SSSR count). The van der Waals surface area contributed by atoms with Crippen LogP contribution in [0.2, 0.25) is 0 Å². The second-order valence-corrected chi connectivity index (χ2v) is 5.97. The quantitative estimate of drug-likeness (QED) is 0.805. The summed E-state index contributed by atoms with van der Waals surface area (Å²) in [6.07, 6.45) is 1.01. The van der Waals surface area contributed by atoms with Crippen LogP contribution in [-0.4, -0.2) is 13.7 Å². The van der Waals surface area contributed by atoms with Crippen molar-refractivity contribution in [1.29, 1.82) is 0 Å². The Morgan fingerprint density at radius 3 is 2.62 bits per heavy atom. The van der Waals surface area contributed by atoms with Crippen LogP contribution in [0.5, 0.6) is 5.75 Å². The number of para-hydroxylation sites is 1. The summed E-state index contributed by atoms with van der Waals surface area (Å²) < 4.78 is 7.03. The smallest absolute Gasteiger partial charge is 0.124 e. The van der Waals surface area contributed by atoms with Crippen LogP contribution in [0.25, 0.3) is 0 Å². The summed E-state index contributed by atoms with van der Waals surface area (Å²) in [5.41, 5.74) is 3.65. The molecule has 3 heteroatoms. The lowest BCUT2D eigenvalue weighted by atomic mass is 9.97. The van der Waals surface area contributed by atoms with Crippen LogP contribution >= 0.6 is 15.9 Å². The minimum absolute atomic E-state index is 0.129. The average Bonchev–Trinajstić information content (AvgIpc) is 2.50. The lowest BCUT2D eigenvalue weighted by Gasteiger charge is -2.21. The van der Waals surface area contributed by atoms with Gasteiger partial charge in [-0.05, 0) is 43.7 Å². The normalized spacial score (nSPS) is 12.2. The van der Waals surface area contributed by atoms with E-state index in [1.54, 1.807) is 0 Å². The number of hydrogen-bond acceptors (Lipinski definition) is 2. The average molecular weight is 348 g/mol. The molecule has 2 aromatic carbocycles. The molecule has 1 unspecified atom stereocenters. The van der Waals surface area contributed by atoms with Crippen molar-refractivity contribution < 1.29 is 4.74 Å². The van der Waals surface area contributed by atoms with Gasteiger partial charge in [-0.3, -0.25) is 0 Å². The van der Waals surface area contributed by atoms with Crippen LogP contribution < -0.4 is 10.1 Å². The number of rotatable bonds is 6. The van der Waals surface area contributed by atoms with Crippen molar-refractivity contribution >= 4 is 15.9 Å². The van der Waals surface area contributed by atoms with E-state index in [1.165, 1.54) is 16.7 Å². The highest BCUT2D eigenvalue weighted by Crippen LogP contribution is 2.31. The van der Waals surface area contributed by atoms with Gasteiger partial charge in [-0.1, -0.05) is 53.2 Å². The van der Waals surface area contributed by atoms with Crippen LogP contribution in [-0.2, 0) is 0 Å². The summed E-state index contributed by atoms with van der Waals surface area (Å²) in [5, 5.41) is 3.40. The van der Waals surface area contributed by atoms with E-state index in [0.29, 0.717) is 0 Å². The molecule has 0 saturated heterocycles. The first-order valence-electron chi connectivity index (χ1n) is 7.32. The summed E-state index contributed by atoms with van der Waals surface area (Å²) in [6, 6.07) is 14.8. The SMILES string of the molecule is CCCOc1ccccc1C(NC)c1ccc(Br)c(C)c1. The van der Waals surface area contributed by atoms with Gasteiger partial charge in [0.05, 0.1) is 12.6 Å². The molecule has 0 saturated carbocycles. The predicted molar refractivity (Wildman–Crippen MR) is 92.0 cm³/mol. The molecule has 0 spiro atoms. The highest BCUT2D eigenvalue weighted by atomic mass is 79.9. The largest absolute Gasteiger partial charge is 0.493 e. The molecule has 1 N–H and O–H groups in total. The van der Waals surface area contributed by atoms with Gasteiger partial charge in [0.25, 0.3) is 0 Å². The fourth-order valence-electron chi connectivity index (χ4n) is 2.41. The Balaban J connectivity index is 2.38. The van der Waals surface area contributed by atoms with E-state index >= 15 is 0 Å². The van der Waals surface area contributed by atoms with Crippen LogP contribution in [0.1, 0.15) is 36.1 Å². The number of nitrogens with one attached hydrogen (secondary N) is 1. The molecule has 0 aliphatic rings. The van der Waals surface area contributed by atoms with E-state index in [4.69, 9.17) is 4.74 Å². The first kappa shape index (κ1) is 16.1. The Morgan fingerprint density at radius 1 is 1.19 bits per heavy atom. The third-order valence-corrected chi connectivity index (χ3v) is 4.39. The maximum Gasteiger partial charge on any atom is 0.124 e. The van der Waals surface area contributed by atoms with Crippen molar-refractivity contribution in [1.82, 2.24) is 5.32 Å². The second kappa shape index (κ2) is 7.62. The fraction of sp³-hybridized carbons (Fsp3) is 0.333. The number of hydrogen-bond donors (Lipinski definition) is 1. The van der Waals surface area contributed by atoms with Crippen LogP contribution in [0.15, 0.2) is 46.9 Å². The summed E-state index contributed by atoms with van der Waals surface area (Å²) in [7, 11) is 1.98. The molecule has 1 atom stereocenters. The molecule has 0 radical (unpaired) electrons. The summed E-state index contributed by atoms with van der Waals surface area (Å²) in [6.45, 7) is 4.98. The van der Waals surface area contributed by atoms with Gasteiger partial charge in [0.1, 0.15) is 5.75 Å². The Bertz CT molecular complexity index is 598. The highest BCUT2D eigenvalue weighted by Gasteiger charge is 2.17. The van der Waals surface area contributed by atoms with Crippen molar-refractivity contribution in [3.63, 3.8) is 0 Å². The van der Waals surface area contributed by atoms with Gasteiger partial charge < -0.3 is 10.1 Å². The van der Waals surface area contributed by atoms with Gasteiger partial charge in [-0.2, -0.15) is 0 Å². The zero-order valence-electron chi connectivity index (χ0n) is 12.8. The van der Waals surface area contributed by atoms with E-state index < -0.39 is 0 Å². The van der Waals surface area contributed by atoms with Crippen molar-refractivity contribution in [2.75, 3.05) is 13.7 Å². The van der Waals surface area contributed by atoms with Crippen LogP contribution in [0, 0.1) is 6.92 Å². The van der Waals surface area contributed by atoms with Gasteiger partial charge in [-0.15, -0.1) is 0 Å². The van der Waals surface area contributed by atoms with Gasteiger partial charge in [0.2, 0.25) is 0 Å². The molecule has 112 valence electrons. The maximum absolute atomic E-state index is 5.90. The van der Waals surface area contributed by atoms with E-state index in [2.05, 4.69) is 65.4 Å². The lowest BCUT2D eigenvalue weighted by molar-refractivity contribution is 0.312. The Hall–Kier alpha value is -1.32. The van der Waals surface area contributed by atoms with Crippen molar-refractivity contribution in [2.24, 2.45) is 0 Å². The monoisotopic (exact) mass is 347 g/mol. The van der Waals surface area contributed by atoms with E-state index in [-0.39, 0.29) is 6.04 Å². The molecule has 0 bridgehead atoms. The standard InChI is InChI=1S/C18H22BrNO/c1-4-11-21-17-8-6-5-7-15(17)18(20-3)14-9-10-16(19)13(2)12-14/h5-10,12,18,20H,4,11H2,1-3H3. The van der Waals surface area contributed by atoms with Crippen molar-refractivity contribution in [3.8, 4) is 5.75 Å². The lowest BCUT2D eigenvalue weighted by Crippen LogP contribution is -2.19. The molecular weight excluding hydrogens is 326 g/mol. The molecular formula is C18H22BrNO. The molecule has 0 amide bonds. The second-order valence-electron chi connectivity index (χ2n) is 5.12. The predicted octanol–water partition coefficient (Wildman–Crippen LogP) is 4.86. The van der Waals surface area contributed by atoms with Crippen LogP contribution in [0.3, 0.4) is 0 Å². The maximum atomic E-state index is 5.90. The van der Waals surface area contributed by atoms with Crippen molar-refractivity contribution in [3.05, 3.63) is 63.6 Å². The van der Waals surface area contributed by atoms with Gasteiger partial charge in [-0.25, -0.2) is 0 Å². The molecule has 0 aromatic heterocycles. The number of ether oxygens (including phenoxy) is 1. The van der Waals surface area contributed by atoms with Gasteiger partial charge >= 0.3 is 0 Å². The summed E-state index contributed by atoms with van der Waals surface area (Å²) in [5.74, 6) is 0.958. The first-order valence-corrected chi connectivity index (χ1v) is 8.11. The zero-order valence-corrected chi connectivity index (χ0v) is 14.4. The third-order valence-electron chi connectivity index (χ3n) is 3.50. The van der Waals surface area contributed by atoms with Gasteiger partial charge in [0, 0.05) is 10.0 Å². The van der Waals surface area contributed by atoms with E-state index in [1.807, 2.05) is 19.2 Å². The highest BCUT2D eigenvalue weighted by molar-refractivity contribution is 9.10. The van der Waals surface area contributed by atoms with Gasteiger partial charge in [0.15, 0.2) is 0 Å². The molecule has 0 aliphatic carbocycles. The number of aryl methyl sites for hydroxylation is 1. The number of benzene rings is 2. The van der Waals surface area contributed by atoms with Crippen molar-refractivity contribution in [2.45, 2.75) is 26.3 Å². The molecule has 2 nitrogen and oxygen atoms in total. The van der Waals surface area contributed by atoms with E-state index in [9.17, 15) is 0 Å². The topological polar surface area (TPSA) is 21.3 Å². The molecule has 21 heavy (non-hydrogen) atoms. The summed E-state index contributed by atoms with van der Waals surface area (Å²) in [4.78, 5) is 0. The van der Waals surface area contributed by atoms with E-state index in [0.717, 1.165) is 23.2 Å². The Morgan fingerprint density at radius 2 is 1.95 bits per heavy atom. The molecule has 2 aromatic rings. The Kier molecular flexibility index (Phi) is 5.83.